The Labute approximate surface area is 169 Å². The second-order valence-electron chi connectivity index (χ2n) is 6.48. The van der Waals surface area contributed by atoms with Crippen LogP contribution in [-0.4, -0.2) is 11.8 Å². The van der Waals surface area contributed by atoms with Gasteiger partial charge >= 0.3 is 0 Å². The Morgan fingerprint density at radius 3 is 2.25 bits per heavy atom. The number of halogens is 1. The summed E-state index contributed by atoms with van der Waals surface area (Å²) in [6.07, 6.45) is 0.106. The van der Waals surface area contributed by atoms with Crippen molar-refractivity contribution in [1.29, 1.82) is 0 Å². The molecule has 0 fully saturated rings. The first-order chi connectivity index (χ1) is 13.5. The van der Waals surface area contributed by atoms with E-state index in [1.165, 1.54) is 0 Å². The van der Waals surface area contributed by atoms with Crippen molar-refractivity contribution in [1.82, 2.24) is 5.32 Å². The zero-order valence-corrected chi connectivity index (χ0v) is 16.2. The molecular formula is C23H21ClN2O2. The highest BCUT2D eigenvalue weighted by atomic mass is 35.5. The number of aryl methyl sites for hydroxylation is 1. The zero-order chi connectivity index (χ0) is 19.9. The maximum absolute atomic E-state index is 12.7. The van der Waals surface area contributed by atoms with Gasteiger partial charge in [-0.2, -0.15) is 0 Å². The number of para-hydroxylation sites is 1. The summed E-state index contributed by atoms with van der Waals surface area (Å²) in [5.41, 5.74) is 2.97. The minimum Gasteiger partial charge on any atom is -0.345 e. The first-order valence-corrected chi connectivity index (χ1v) is 9.38. The lowest BCUT2D eigenvalue weighted by atomic mass is 10.0. The molecule has 142 valence electrons. The van der Waals surface area contributed by atoms with Gasteiger partial charge in [-0.25, -0.2) is 0 Å². The third kappa shape index (κ3) is 4.99. The number of anilines is 1. The number of carbonyl (C=O) groups is 2. The van der Waals surface area contributed by atoms with E-state index in [2.05, 4.69) is 10.6 Å². The molecular weight excluding hydrogens is 372 g/mol. The monoisotopic (exact) mass is 392 g/mol. The van der Waals surface area contributed by atoms with Crippen molar-refractivity contribution in [3.8, 4) is 0 Å². The molecule has 4 nitrogen and oxygen atoms in total. The molecule has 0 saturated heterocycles. The average molecular weight is 393 g/mol. The fourth-order valence-electron chi connectivity index (χ4n) is 2.92. The molecule has 0 spiro atoms. The van der Waals surface area contributed by atoms with Crippen molar-refractivity contribution in [2.45, 2.75) is 19.4 Å². The van der Waals surface area contributed by atoms with Gasteiger partial charge in [-0.1, -0.05) is 72.3 Å². The lowest BCUT2D eigenvalue weighted by Crippen LogP contribution is -2.31. The van der Waals surface area contributed by atoms with Gasteiger partial charge in [-0.3, -0.25) is 9.59 Å². The van der Waals surface area contributed by atoms with Gasteiger partial charge in [-0.15, -0.1) is 0 Å². The van der Waals surface area contributed by atoms with Crippen LogP contribution in [-0.2, 0) is 4.79 Å². The lowest BCUT2D eigenvalue weighted by Gasteiger charge is -2.20. The predicted molar refractivity (Wildman–Crippen MR) is 113 cm³/mol. The third-order valence-corrected chi connectivity index (χ3v) is 4.76. The van der Waals surface area contributed by atoms with Crippen molar-refractivity contribution in [2.75, 3.05) is 5.32 Å². The molecule has 0 aromatic heterocycles. The summed E-state index contributed by atoms with van der Waals surface area (Å²) in [5, 5.41) is 6.23. The van der Waals surface area contributed by atoms with E-state index in [9.17, 15) is 9.59 Å². The van der Waals surface area contributed by atoms with Crippen LogP contribution < -0.4 is 10.6 Å². The van der Waals surface area contributed by atoms with E-state index in [0.29, 0.717) is 10.6 Å². The van der Waals surface area contributed by atoms with Crippen LogP contribution in [0.4, 0.5) is 5.69 Å². The fraction of sp³-hybridized carbons (Fsp3) is 0.130. The van der Waals surface area contributed by atoms with Crippen LogP contribution in [0.25, 0.3) is 0 Å². The molecule has 3 aromatic carbocycles. The molecule has 0 aliphatic heterocycles. The van der Waals surface area contributed by atoms with E-state index in [0.717, 1.165) is 16.8 Å². The van der Waals surface area contributed by atoms with Gasteiger partial charge < -0.3 is 10.6 Å². The first-order valence-electron chi connectivity index (χ1n) is 9.00. The molecule has 0 aliphatic rings. The smallest absolute Gasteiger partial charge is 0.253 e. The largest absolute Gasteiger partial charge is 0.345 e. The molecule has 2 N–H and O–H groups in total. The third-order valence-electron chi connectivity index (χ3n) is 4.43. The molecule has 3 aromatic rings. The normalized spacial score (nSPS) is 11.5. The predicted octanol–water partition coefficient (Wildman–Crippen LogP) is 5.15. The van der Waals surface area contributed by atoms with Crippen LogP contribution >= 0.6 is 11.6 Å². The number of rotatable bonds is 6. The Hall–Kier alpha value is -3.11. The van der Waals surface area contributed by atoms with Gasteiger partial charge in [0.25, 0.3) is 5.91 Å². The van der Waals surface area contributed by atoms with E-state index >= 15 is 0 Å². The molecule has 2 amide bonds. The summed E-state index contributed by atoms with van der Waals surface area (Å²) >= 11 is 6.14. The van der Waals surface area contributed by atoms with E-state index in [4.69, 9.17) is 11.6 Å². The van der Waals surface area contributed by atoms with Gasteiger partial charge in [0.05, 0.1) is 23.0 Å². The molecule has 28 heavy (non-hydrogen) atoms. The van der Waals surface area contributed by atoms with Gasteiger partial charge in [-0.05, 0) is 36.2 Å². The second kappa shape index (κ2) is 9.20. The standard InChI is InChI=1S/C23H21ClN2O2/c1-16-9-5-8-14-20(16)25-22(27)15-21(17-10-3-2-4-11-17)26-23(28)18-12-6-7-13-19(18)24/h2-14,21H,15H2,1H3,(H,25,27)(H,26,28)/t21-/m0/s1. The number of hydrogen-bond donors (Lipinski definition) is 2. The quantitative estimate of drug-likeness (QED) is 0.609. The summed E-state index contributed by atoms with van der Waals surface area (Å²) in [6, 6.07) is 23.4. The van der Waals surface area contributed by atoms with Gasteiger partial charge in [0, 0.05) is 5.69 Å². The number of hydrogen-bond acceptors (Lipinski definition) is 2. The first kappa shape index (κ1) is 19.6. The molecule has 0 aliphatic carbocycles. The molecule has 0 heterocycles. The molecule has 5 heteroatoms. The highest BCUT2D eigenvalue weighted by molar-refractivity contribution is 6.33. The van der Waals surface area contributed by atoms with Gasteiger partial charge in [0.1, 0.15) is 0 Å². The summed E-state index contributed by atoms with van der Waals surface area (Å²) in [7, 11) is 0. The van der Waals surface area contributed by atoms with E-state index in [1.807, 2.05) is 61.5 Å². The Balaban J connectivity index is 1.78. The lowest BCUT2D eigenvalue weighted by molar-refractivity contribution is -0.116. The van der Waals surface area contributed by atoms with Gasteiger partial charge in [0.2, 0.25) is 5.91 Å². The Morgan fingerprint density at radius 1 is 0.893 bits per heavy atom. The van der Waals surface area contributed by atoms with Crippen molar-refractivity contribution in [3.05, 3.63) is 101 Å². The topological polar surface area (TPSA) is 58.2 Å². The molecule has 0 unspecified atom stereocenters. The number of benzene rings is 3. The summed E-state index contributed by atoms with van der Waals surface area (Å²) < 4.78 is 0. The van der Waals surface area contributed by atoms with E-state index in [1.54, 1.807) is 24.3 Å². The zero-order valence-electron chi connectivity index (χ0n) is 15.5. The maximum Gasteiger partial charge on any atom is 0.253 e. The van der Waals surface area contributed by atoms with E-state index in [-0.39, 0.29) is 18.2 Å². The van der Waals surface area contributed by atoms with E-state index < -0.39 is 6.04 Å². The van der Waals surface area contributed by atoms with Crippen molar-refractivity contribution < 1.29 is 9.59 Å². The van der Waals surface area contributed by atoms with Crippen molar-refractivity contribution in [3.63, 3.8) is 0 Å². The SMILES string of the molecule is Cc1ccccc1NC(=O)C[C@H](NC(=O)c1ccccc1Cl)c1ccccc1. The number of amides is 2. The Morgan fingerprint density at radius 2 is 1.54 bits per heavy atom. The highest BCUT2D eigenvalue weighted by Gasteiger charge is 2.20. The Kier molecular flexibility index (Phi) is 6.45. The summed E-state index contributed by atoms with van der Waals surface area (Å²) in [5.74, 6) is -0.495. The molecule has 3 rings (SSSR count). The van der Waals surface area contributed by atoms with Crippen molar-refractivity contribution in [2.24, 2.45) is 0 Å². The van der Waals surface area contributed by atoms with Crippen LogP contribution in [0.1, 0.15) is 33.9 Å². The van der Waals surface area contributed by atoms with Crippen LogP contribution in [0.5, 0.6) is 0 Å². The number of carbonyl (C=O) groups excluding carboxylic acids is 2. The van der Waals surface area contributed by atoms with Crippen LogP contribution in [0.2, 0.25) is 5.02 Å². The maximum atomic E-state index is 12.7. The minimum absolute atomic E-state index is 0.106. The Bertz CT molecular complexity index is 973. The molecule has 0 bridgehead atoms. The second-order valence-corrected chi connectivity index (χ2v) is 6.89. The van der Waals surface area contributed by atoms with Gasteiger partial charge in [0.15, 0.2) is 0 Å². The molecule has 0 saturated carbocycles. The summed E-state index contributed by atoms with van der Waals surface area (Å²) in [6.45, 7) is 1.93. The molecule has 0 radical (unpaired) electrons. The van der Waals surface area contributed by atoms with Crippen LogP contribution in [0, 0.1) is 6.92 Å². The van der Waals surface area contributed by atoms with Crippen LogP contribution in [0.15, 0.2) is 78.9 Å². The molecule has 1 atom stereocenters. The number of nitrogens with one attached hydrogen (secondary N) is 2. The van der Waals surface area contributed by atoms with Crippen molar-refractivity contribution >= 4 is 29.1 Å². The summed E-state index contributed by atoms with van der Waals surface area (Å²) in [4.78, 5) is 25.4. The fourth-order valence-corrected chi connectivity index (χ4v) is 3.14. The highest BCUT2D eigenvalue weighted by Crippen LogP contribution is 2.21. The average Bonchev–Trinajstić information content (AvgIpc) is 2.70. The minimum atomic E-state index is -0.478. The van der Waals surface area contributed by atoms with Crippen LogP contribution in [0.3, 0.4) is 0 Å².